The summed E-state index contributed by atoms with van der Waals surface area (Å²) < 4.78 is 13.0. The standard InChI is InChI=1S/C33H57BO2/c1-22(2)11-10-12-23(3)27-15-16-28-26-14-13-24-21-25(34-35-30(4,5)31(6,7)36-34)17-19-32(24,8)29(26)18-20-33(27,28)9/h13,22-23,25-29H,10-12,14-21H2,1-9H3/t23-,25+,26+,27-,28+,29+,32+,33-/m1/s1. The summed E-state index contributed by atoms with van der Waals surface area (Å²) in [6, 6.07) is 0. The van der Waals surface area contributed by atoms with Gasteiger partial charge in [0.25, 0.3) is 0 Å². The minimum absolute atomic E-state index is 0.0411. The van der Waals surface area contributed by atoms with E-state index in [1.807, 2.05) is 0 Å². The lowest BCUT2D eigenvalue weighted by atomic mass is 9.45. The highest BCUT2D eigenvalue weighted by atomic mass is 16.7. The first-order chi connectivity index (χ1) is 16.8. The summed E-state index contributed by atoms with van der Waals surface area (Å²) in [6.07, 6.45) is 18.0. The number of fused-ring (bicyclic) bond motifs is 5. The molecule has 3 heteroatoms. The van der Waals surface area contributed by atoms with E-state index in [9.17, 15) is 0 Å². The van der Waals surface area contributed by atoms with Crippen LogP contribution >= 0.6 is 0 Å². The van der Waals surface area contributed by atoms with Gasteiger partial charge in [0, 0.05) is 0 Å². The van der Waals surface area contributed by atoms with E-state index in [1.54, 1.807) is 5.57 Å². The fourth-order valence-corrected chi connectivity index (χ4v) is 10.0. The van der Waals surface area contributed by atoms with Crippen LogP contribution in [0.5, 0.6) is 0 Å². The van der Waals surface area contributed by atoms with Crippen molar-refractivity contribution in [1.82, 2.24) is 0 Å². The molecule has 0 aromatic rings. The lowest BCUT2D eigenvalue weighted by molar-refractivity contribution is -0.0504. The summed E-state index contributed by atoms with van der Waals surface area (Å²) in [5, 5.41) is 0. The van der Waals surface area contributed by atoms with E-state index in [0.29, 0.717) is 16.6 Å². The van der Waals surface area contributed by atoms with Crippen LogP contribution in [0.15, 0.2) is 11.6 Å². The van der Waals surface area contributed by atoms with E-state index in [0.717, 1.165) is 35.5 Å². The molecule has 8 atom stereocenters. The van der Waals surface area contributed by atoms with E-state index < -0.39 is 0 Å². The van der Waals surface area contributed by atoms with Crippen LogP contribution in [0, 0.1) is 46.3 Å². The van der Waals surface area contributed by atoms with Gasteiger partial charge in [-0.25, -0.2) is 0 Å². The van der Waals surface area contributed by atoms with Gasteiger partial charge < -0.3 is 9.31 Å². The Labute approximate surface area is 224 Å². The van der Waals surface area contributed by atoms with Crippen LogP contribution in [0.3, 0.4) is 0 Å². The number of allylic oxidation sites excluding steroid dienone is 2. The monoisotopic (exact) mass is 496 g/mol. The quantitative estimate of drug-likeness (QED) is 0.269. The lowest BCUT2D eigenvalue weighted by Gasteiger charge is -2.58. The Morgan fingerprint density at radius 1 is 0.861 bits per heavy atom. The molecular formula is C33H57BO2. The highest BCUT2D eigenvalue weighted by Crippen LogP contribution is 2.68. The molecule has 0 aromatic heterocycles. The maximum Gasteiger partial charge on any atom is 0.461 e. The van der Waals surface area contributed by atoms with Crippen LogP contribution in [0.25, 0.3) is 0 Å². The van der Waals surface area contributed by atoms with Gasteiger partial charge in [-0.15, -0.1) is 0 Å². The summed E-state index contributed by atoms with van der Waals surface area (Å²) in [6.45, 7) is 21.5. The Hall–Kier alpha value is -0.275. The van der Waals surface area contributed by atoms with Gasteiger partial charge in [0.05, 0.1) is 11.2 Å². The number of rotatable bonds is 6. The van der Waals surface area contributed by atoms with Gasteiger partial charge in [0.1, 0.15) is 0 Å². The van der Waals surface area contributed by atoms with Crippen molar-refractivity contribution >= 4 is 7.12 Å². The van der Waals surface area contributed by atoms with Crippen molar-refractivity contribution in [2.24, 2.45) is 46.3 Å². The molecule has 1 heterocycles. The van der Waals surface area contributed by atoms with Crippen molar-refractivity contribution in [3.05, 3.63) is 11.6 Å². The second kappa shape index (κ2) is 9.43. The maximum atomic E-state index is 6.52. The fraction of sp³-hybridized carbons (Fsp3) is 0.939. The highest BCUT2D eigenvalue weighted by molar-refractivity contribution is 6.47. The summed E-state index contributed by atoms with van der Waals surface area (Å²) >= 11 is 0. The molecule has 5 aliphatic rings. The smallest absolute Gasteiger partial charge is 0.403 e. The van der Waals surface area contributed by atoms with Crippen molar-refractivity contribution < 1.29 is 9.31 Å². The summed E-state index contributed by atoms with van der Waals surface area (Å²) in [4.78, 5) is 0. The normalized spacial score (nSPS) is 44.1. The van der Waals surface area contributed by atoms with Gasteiger partial charge in [0.2, 0.25) is 0 Å². The molecule has 5 rings (SSSR count). The van der Waals surface area contributed by atoms with Crippen molar-refractivity contribution in [1.29, 1.82) is 0 Å². The van der Waals surface area contributed by atoms with E-state index >= 15 is 0 Å². The second-order valence-electron chi connectivity index (χ2n) is 15.9. The first kappa shape index (κ1) is 27.3. The third kappa shape index (κ3) is 4.39. The molecular weight excluding hydrogens is 439 g/mol. The Balaban J connectivity index is 1.28. The van der Waals surface area contributed by atoms with E-state index in [2.05, 4.69) is 68.4 Å². The molecule has 0 aromatic carbocycles. The molecule has 204 valence electrons. The fourth-order valence-electron chi connectivity index (χ4n) is 10.0. The van der Waals surface area contributed by atoms with Crippen LogP contribution in [0.1, 0.15) is 133 Å². The number of hydrogen-bond donors (Lipinski definition) is 0. The molecule has 0 amide bonds. The average Bonchev–Trinajstić information content (AvgIpc) is 3.25. The SMILES string of the molecule is CC(C)CCC[C@@H](C)[C@H]1CC[C@H]2[C@@H]3CC=C4C[C@@H](B5OC(C)(C)C(C)(C)O5)CC[C@]4(C)[C@H]3CC[C@]12C. The zero-order valence-electron chi connectivity index (χ0n) is 25.3. The van der Waals surface area contributed by atoms with Crippen LogP contribution in [-0.4, -0.2) is 18.3 Å². The first-order valence-electron chi connectivity index (χ1n) is 15.8. The summed E-state index contributed by atoms with van der Waals surface area (Å²) in [7, 11) is -0.0411. The van der Waals surface area contributed by atoms with Crippen LogP contribution < -0.4 is 0 Å². The molecule has 4 fully saturated rings. The molecule has 0 N–H and O–H groups in total. The number of hydrogen-bond acceptors (Lipinski definition) is 2. The summed E-state index contributed by atoms with van der Waals surface area (Å²) in [5.41, 5.74) is 2.31. The second-order valence-corrected chi connectivity index (χ2v) is 15.9. The van der Waals surface area contributed by atoms with E-state index in [4.69, 9.17) is 9.31 Å². The molecule has 3 saturated carbocycles. The largest absolute Gasteiger partial charge is 0.461 e. The molecule has 1 saturated heterocycles. The van der Waals surface area contributed by atoms with Crippen LogP contribution in [-0.2, 0) is 9.31 Å². The van der Waals surface area contributed by atoms with Crippen molar-refractivity contribution in [2.45, 2.75) is 150 Å². The van der Waals surface area contributed by atoms with Gasteiger partial charge >= 0.3 is 7.12 Å². The van der Waals surface area contributed by atoms with Gasteiger partial charge in [-0.05, 0) is 125 Å². The van der Waals surface area contributed by atoms with Crippen LogP contribution in [0.2, 0.25) is 5.82 Å². The van der Waals surface area contributed by atoms with Gasteiger partial charge in [-0.2, -0.15) is 0 Å². The van der Waals surface area contributed by atoms with Crippen LogP contribution in [0.4, 0.5) is 0 Å². The lowest BCUT2D eigenvalue weighted by Crippen LogP contribution is -2.50. The minimum atomic E-state index is -0.219. The third-order valence-electron chi connectivity index (χ3n) is 13.0. The Morgan fingerprint density at radius 2 is 1.56 bits per heavy atom. The first-order valence-corrected chi connectivity index (χ1v) is 15.8. The predicted molar refractivity (Wildman–Crippen MR) is 153 cm³/mol. The molecule has 4 aliphatic carbocycles. The molecule has 2 nitrogen and oxygen atoms in total. The van der Waals surface area contributed by atoms with E-state index in [1.165, 1.54) is 70.6 Å². The van der Waals surface area contributed by atoms with E-state index in [-0.39, 0.29) is 18.3 Å². The molecule has 1 aliphatic heterocycles. The molecule has 0 unspecified atom stereocenters. The predicted octanol–water partition coefficient (Wildman–Crippen LogP) is 9.49. The zero-order chi connectivity index (χ0) is 26.1. The minimum Gasteiger partial charge on any atom is -0.403 e. The van der Waals surface area contributed by atoms with Gasteiger partial charge in [0.15, 0.2) is 0 Å². The molecule has 36 heavy (non-hydrogen) atoms. The highest BCUT2D eigenvalue weighted by Gasteiger charge is 2.61. The Bertz CT molecular complexity index is 829. The Morgan fingerprint density at radius 3 is 2.22 bits per heavy atom. The van der Waals surface area contributed by atoms with Gasteiger partial charge in [-0.3, -0.25) is 0 Å². The third-order valence-corrected chi connectivity index (χ3v) is 13.0. The molecule has 0 spiro atoms. The molecule has 0 bridgehead atoms. The maximum absolute atomic E-state index is 6.52. The molecule has 0 radical (unpaired) electrons. The topological polar surface area (TPSA) is 18.5 Å². The van der Waals surface area contributed by atoms with Gasteiger partial charge in [-0.1, -0.05) is 72.0 Å². The zero-order valence-corrected chi connectivity index (χ0v) is 25.3. The van der Waals surface area contributed by atoms with Crippen molar-refractivity contribution in [3.63, 3.8) is 0 Å². The summed E-state index contributed by atoms with van der Waals surface area (Å²) in [5.74, 6) is 5.97. The average molecular weight is 497 g/mol. The van der Waals surface area contributed by atoms with Crippen molar-refractivity contribution in [2.75, 3.05) is 0 Å². The Kier molecular flexibility index (Phi) is 7.15. The van der Waals surface area contributed by atoms with Crippen molar-refractivity contribution in [3.8, 4) is 0 Å².